The van der Waals surface area contributed by atoms with E-state index < -0.39 is 0 Å². The monoisotopic (exact) mass is 429 g/mol. The van der Waals surface area contributed by atoms with Gasteiger partial charge in [0, 0.05) is 29.4 Å². The van der Waals surface area contributed by atoms with Crippen LogP contribution in [0.3, 0.4) is 0 Å². The Morgan fingerprint density at radius 2 is 1.65 bits per heavy atom. The summed E-state index contributed by atoms with van der Waals surface area (Å²) in [7, 11) is 1.64. The highest BCUT2D eigenvalue weighted by atomic mass is 32.2. The van der Waals surface area contributed by atoms with E-state index in [1.54, 1.807) is 55.5 Å². The fourth-order valence-electron chi connectivity index (χ4n) is 2.93. The Morgan fingerprint density at radius 3 is 2.32 bits per heavy atom. The van der Waals surface area contributed by atoms with E-state index in [4.69, 9.17) is 14.7 Å². The lowest BCUT2D eigenvalue weighted by Crippen LogP contribution is -2.03. The maximum atomic E-state index is 8.88. The van der Waals surface area contributed by atoms with Gasteiger partial charge < -0.3 is 9.47 Å². The molecule has 0 N–H and O–H groups in total. The number of benzene rings is 2. The van der Waals surface area contributed by atoms with Crippen LogP contribution in [0.4, 0.5) is 0 Å². The molecule has 0 saturated heterocycles. The first-order valence-corrected chi connectivity index (χ1v) is 10.5. The van der Waals surface area contributed by atoms with Crippen LogP contribution in [0.15, 0.2) is 78.2 Å². The third-order valence-corrected chi connectivity index (χ3v) is 5.36. The van der Waals surface area contributed by atoms with E-state index in [1.807, 2.05) is 41.0 Å². The van der Waals surface area contributed by atoms with Crippen molar-refractivity contribution >= 4 is 11.8 Å². The number of pyridine rings is 1. The molecule has 8 heteroatoms. The average Bonchev–Trinajstić information content (AvgIpc) is 3.26. The van der Waals surface area contributed by atoms with E-state index in [0.29, 0.717) is 17.9 Å². The first kappa shape index (κ1) is 20.4. The number of hydrogen-bond donors (Lipinski definition) is 0. The van der Waals surface area contributed by atoms with E-state index in [-0.39, 0.29) is 0 Å². The molecule has 7 nitrogen and oxygen atoms in total. The molecule has 4 aromatic rings. The van der Waals surface area contributed by atoms with Gasteiger partial charge in [0.2, 0.25) is 0 Å². The molecule has 154 valence electrons. The van der Waals surface area contributed by atoms with Crippen LogP contribution in [0, 0.1) is 11.3 Å². The van der Waals surface area contributed by atoms with Crippen LogP contribution < -0.4 is 9.47 Å². The lowest BCUT2D eigenvalue weighted by molar-refractivity contribution is 0.344. The van der Waals surface area contributed by atoms with Gasteiger partial charge in [0.15, 0.2) is 11.0 Å². The van der Waals surface area contributed by atoms with Crippen LogP contribution in [0.2, 0.25) is 0 Å². The van der Waals surface area contributed by atoms with Crippen molar-refractivity contribution in [2.24, 2.45) is 0 Å². The van der Waals surface area contributed by atoms with Gasteiger partial charge in [-0.3, -0.25) is 9.55 Å². The number of rotatable bonds is 8. The minimum atomic E-state index is 0.497. The van der Waals surface area contributed by atoms with Gasteiger partial charge in [-0.1, -0.05) is 11.8 Å². The molecule has 0 aliphatic carbocycles. The van der Waals surface area contributed by atoms with Gasteiger partial charge in [-0.2, -0.15) is 5.26 Å². The van der Waals surface area contributed by atoms with Crippen molar-refractivity contribution in [2.75, 3.05) is 19.5 Å². The van der Waals surface area contributed by atoms with E-state index in [9.17, 15) is 0 Å². The van der Waals surface area contributed by atoms with Gasteiger partial charge >= 0.3 is 0 Å². The molecule has 0 radical (unpaired) electrons. The summed E-state index contributed by atoms with van der Waals surface area (Å²) < 4.78 is 13.1. The Morgan fingerprint density at radius 1 is 0.935 bits per heavy atom. The fourth-order valence-corrected chi connectivity index (χ4v) is 3.70. The SMILES string of the molecule is COc1ccc(-n2c(SCCOc3ccc(C#N)cc3)nnc2-c2ccncc2)cc1. The van der Waals surface area contributed by atoms with Crippen LogP contribution in [0.5, 0.6) is 11.5 Å². The van der Waals surface area contributed by atoms with Crippen molar-refractivity contribution in [3.63, 3.8) is 0 Å². The number of thioether (sulfide) groups is 1. The lowest BCUT2D eigenvalue weighted by atomic mass is 10.2. The Hall–Kier alpha value is -3.83. The van der Waals surface area contributed by atoms with Crippen molar-refractivity contribution in [1.29, 1.82) is 5.26 Å². The molecule has 0 amide bonds. The molecular weight excluding hydrogens is 410 g/mol. The minimum absolute atomic E-state index is 0.497. The Labute approximate surface area is 184 Å². The van der Waals surface area contributed by atoms with Gasteiger partial charge in [0.05, 0.1) is 25.3 Å². The molecule has 0 bridgehead atoms. The van der Waals surface area contributed by atoms with Crippen molar-refractivity contribution in [2.45, 2.75) is 5.16 Å². The summed E-state index contributed by atoms with van der Waals surface area (Å²) in [5.41, 5.74) is 2.48. The summed E-state index contributed by atoms with van der Waals surface area (Å²) in [5.74, 6) is 2.94. The van der Waals surface area contributed by atoms with Crippen LogP contribution in [0.25, 0.3) is 17.1 Å². The van der Waals surface area contributed by atoms with Crippen LogP contribution in [-0.4, -0.2) is 39.2 Å². The van der Waals surface area contributed by atoms with E-state index in [2.05, 4.69) is 21.3 Å². The van der Waals surface area contributed by atoms with E-state index in [0.717, 1.165) is 33.7 Å². The smallest absolute Gasteiger partial charge is 0.196 e. The molecule has 0 aliphatic rings. The fraction of sp³-hybridized carbons (Fsp3) is 0.130. The molecule has 4 rings (SSSR count). The molecule has 0 aliphatic heterocycles. The molecule has 2 heterocycles. The summed E-state index contributed by atoms with van der Waals surface area (Å²) in [4.78, 5) is 4.09. The molecule has 31 heavy (non-hydrogen) atoms. The average molecular weight is 430 g/mol. The van der Waals surface area contributed by atoms with Crippen LogP contribution in [0.1, 0.15) is 5.56 Å². The number of ether oxygens (including phenoxy) is 2. The third kappa shape index (κ3) is 4.85. The Balaban J connectivity index is 1.52. The standard InChI is InChI=1S/C23H19N5O2S/c1-29-20-8-4-19(5-9-20)28-22(18-10-12-25-13-11-18)26-27-23(28)31-15-14-30-21-6-2-17(16-24)3-7-21/h2-13H,14-15H2,1H3. The molecule has 0 atom stereocenters. The second-order valence-electron chi connectivity index (χ2n) is 6.41. The lowest BCUT2D eigenvalue weighted by Gasteiger charge is -2.11. The van der Waals surface area contributed by atoms with Crippen molar-refractivity contribution in [3.8, 4) is 34.6 Å². The summed E-state index contributed by atoms with van der Waals surface area (Å²) in [6.45, 7) is 0.497. The van der Waals surface area contributed by atoms with Crippen molar-refractivity contribution in [3.05, 3.63) is 78.6 Å². The van der Waals surface area contributed by atoms with Gasteiger partial charge in [-0.25, -0.2) is 0 Å². The number of nitriles is 1. The zero-order valence-corrected chi connectivity index (χ0v) is 17.6. The highest BCUT2D eigenvalue weighted by Gasteiger charge is 2.16. The van der Waals surface area contributed by atoms with Crippen molar-refractivity contribution in [1.82, 2.24) is 19.7 Å². The Bertz CT molecular complexity index is 1170. The third-order valence-electron chi connectivity index (χ3n) is 4.47. The zero-order chi connectivity index (χ0) is 21.5. The normalized spacial score (nSPS) is 10.5. The molecule has 0 unspecified atom stereocenters. The molecule has 0 fully saturated rings. The number of nitrogens with zero attached hydrogens (tertiary/aromatic N) is 5. The molecule has 0 saturated carbocycles. The molecule has 2 aromatic heterocycles. The Kier molecular flexibility index (Phi) is 6.45. The van der Waals surface area contributed by atoms with Crippen LogP contribution in [-0.2, 0) is 0 Å². The van der Waals surface area contributed by atoms with Gasteiger partial charge in [0.25, 0.3) is 0 Å². The maximum Gasteiger partial charge on any atom is 0.196 e. The largest absolute Gasteiger partial charge is 0.497 e. The number of aromatic nitrogens is 4. The quantitative estimate of drug-likeness (QED) is 0.303. The number of hydrogen-bond acceptors (Lipinski definition) is 7. The van der Waals surface area contributed by atoms with Gasteiger partial charge in [0.1, 0.15) is 11.5 Å². The topological polar surface area (TPSA) is 85.9 Å². The van der Waals surface area contributed by atoms with Crippen molar-refractivity contribution < 1.29 is 9.47 Å². The summed E-state index contributed by atoms with van der Waals surface area (Å²) in [6, 6.07) is 20.8. The first-order valence-electron chi connectivity index (χ1n) is 9.54. The summed E-state index contributed by atoms with van der Waals surface area (Å²) in [6.07, 6.45) is 3.47. The molecular formula is C23H19N5O2S. The summed E-state index contributed by atoms with van der Waals surface area (Å²) in [5, 5.41) is 18.5. The second-order valence-corrected chi connectivity index (χ2v) is 7.47. The first-order chi connectivity index (χ1) is 15.3. The van der Waals surface area contributed by atoms with E-state index >= 15 is 0 Å². The zero-order valence-electron chi connectivity index (χ0n) is 16.8. The second kappa shape index (κ2) is 9.78. The number of methoxy groups -OCH3 is 1. The van der Waals surface area contributed by atoms with Gasteiger partial charge in [-0.05, 0) is 60.7 Å². The summed E-state index contributed by atoms with van der Waals surface area (Å²) >= 11 is 1.56. The maximum absolute atomic E-state index is 8.88. The van der Waals surface area contributed by atoms with Crippen LogP contribution >= 0.6 is 11.8 Å². The highest BCUT2D eigenvalue weighted by Crippen LogP contribution is 2.28. The van der Waals surface area contributed by atoms with Gasteiger partial charge in [-0.15, -0.1) is 10.2 Å². The highest BCUT2D eigenvalue weighted by molar-refractivity contribution is 7.99. The molecule has 0 spiro atoms. The molecule has 2 aromatic carbocycles. The predicted octanol–water partition coefficient (Wildman–Crippen LogP) is 4.38. The minimum Gasteiger partial charge on any atom is -0.497 e. The predicted molar refractivity (Wildman–Crippen MR) is 119 cm³/mol. The van der Waals surface area contributed by atoms with E-state index in [1.165, 1.54) is 0 Å².